The van der Waals surface area contributed by atoms with Crippen molar-refractivity contribution in [3.8, 4) is 0 Å². The number of aryl methyl sites for hydroxylation is 1. The van der Waals surface area contributed by atoms with Gasteiger partial charge in [-0.25, -0.2) is 4.79 Å². The molecule has 6 heteroatoms. The van der Waals surface area contributed by atoms with Gasteiger partial charge >= 0.3 is 5.97 Å². The van der Waals surface area contributed by atoms with Gasteiger partial charge in [0.2, 0.25) is 0 Å². The SMILES string of the molecule is Cc1cc(C(=O)N2CCC(C)C(O)C2)sc1/C=C/C(=O)O. The summed E-state index contributed by atoms with van der Waals surface area (Å²) < 4.78 is 0. The molecule has 2 heterocycles. The molecule has 0 saturated carbocycles. The lowest BCUT2D eigenvalue weighted by Gasteiger charge is -2.34. The molecule has 1 fully saturated rings. The highest BCUT2D eigenvalue weighted by Crippen LogP contribution is 2.26. The first-order valence-corrected chi connectivity index (χ1v) is 7.69. The number of β-amino-alcohol motifs (C(OH)–C–C–N with tert-alkyl or cyclic N) is 1. The van der Waals surface area contributed by atoms with E-state index in [4.69, 9.17) is 5.11 Å². The van der Waals surface area contributed by atoms with E-state index in [1.807, 2.05) is 13.8 Å². The average molecular weight is 309 g/mol. The minimum absolute atomic E-state index is 0.0935. The maximum atomic E-state index is 12.4. The highest BCUT2D eigenvalue weighted by Gasteiger charge is 2.28. The van der Waals surface area contributed by atoms with E-state index >= 15 is 0 Å². The number of aliphatic hydroxyl groups is 1. The fraction of sp³-hybridized carbons (Fsp3) is 0.467. The molecule has 0 aromatic carbocycles. The molecule has 2 unspecified atom stereocenters. The summed E-state index contributed by atoms with van der Waals surface area (Å²) in [5, 5.41) is 18.5. The molecule has 1 aliphatic heterocycles. The Bertz CT molecular complexity index is 578. The second-order valence-corrected chi connectivity index (χ2v) is 6.50. The zero-order valence-electron chi connectivity index (χ0n) is 12.1. The van der Waals surface area contributed by atoms with Gasteiger partial charge in [-0.3, -0.25) is 4.79 Å². The van der Waals surface area contributed by atoms with Crippen molar-refractivity contribution in [1.82, 2.24) is 4.90 Å². The number of hydrogen-bond donors (Lipinski definition) is 2. The van der Waals surface area contributed by atoms with Crippen LogP contribution in [0.25, 0.3) is 6.08 Å². The van der Waals surface area contributed by atoms with Gasteiger partial charge in [-0.1, -0.05) is 6.92 Å². The number of piperidine rings is 1. The van der Waals surface area contributed by atoms with Gasteiger partial charge in [0.25, 0.3) is 5.91 Å². The number of hydrogen-bond acceptors (Lipinski definition) is 4. The summed E-state index contributed by atoms with van der Waals surface area (Å²) in [5.74, 6) is -0.888. The van der Waals surface area contributed by atoms with E-state index in [1.54, 1.807) is 11.0 Å². The van der Waals surface area contributed by atoms with E-state index < -0.39 is 12.1 Å². The number of aliphatic hydroxyl groups excluding tert-OH is 1. The van der Waals surface area contributed by atoms with Crippen LogP contribution in [0, 0.1) is 12.8 Å². The standard InChI is InChI=1S/C15H19NO4S/c1-9-5-6-16(8-11(9)17)15(20)13-7-10(2)12(21-13)3-4-14(18)19/h3-4,7,9,11,17H,5-6,8H2,1-2H3,(H,18,19)/b4-3+. The summed E-state index contributed by atoms with van der Waals surface area (Å²) in [6.45, 7) is 4.84. The number of rotatable bonds is 3. The lowest BCUT2D eigenvalue weighted by atomic mass is 9.96. The third-order valence-electron chi connectivity index (χ3n) is 3.75. The zero-order chi connectivity index (χ0) is 15.6. The van der Waals surface area contributed by atoms with E-state index in [2.05, 4.69) is 0 Å². The maximum absolute atomic E-state index is 12.4. The molecule has 0 bridgehead atoms. The lowest BCUT2D eigenvalue weighted by molar-refractivity contribution is -0.131. The lowest BCUT2D eigenvalue weighted by Crippen LogP contribution is -2.45. The molecule has 1 aliphatic rings. The van der Waals surface area contributed by atoms with Crippen molar-refractivity contribution in [3.63, 3.8) is 0 Å². The van der Waals surface area contributed by atoms with Crippen LogP contribution >= 0.6 is 11.3 Å². The van der Waals surface area contributed by atoms with Crippen LogP contribution in [-0.2, 0) is 4.79 Å². The van der Waals surface area contributed by atoms with E-state index in [0.29, 0.717) is 18.0 Å². The summed E-state index contributed by atoms with van der Waals surface area (Å²) in [4.78, 5) is 26.0. The maximum Gasteiger partial charge on any atom is 0.328 e. The summed E-state index contributed by atoms with van der Waals surface area (Å²) in [7, 11) is 0. The Balaban J connectivity index is 2.13. The number of carbonyl (C=O) groups is 2. The van der Waals surface area contributed by atoms with Gasteiger partial charge in [-0.05, 0) is 37.0 Å². The summed E-state index contributed by atoms with van der Waals surface area (Å²) >= 11 is 1.28. The van der Waals surface area contributed by atoms with Crippen molar-refractivity contribution in [3.05, 3.63) is 27.5 Å². The molecule has 1 saturated heterocycles. The van der Waals surface area contributed by atoms with Crippen molar-refractivity contribution < 1.29 is 19.8 Å². The van der Waals surface area contributed by atoms with Crippen LogP contribution in [0.3, 0.4) is 0 Å². The monoisotopic (exact) mass is 309 g/mol. The Labute approximate surface area is 127 Å². The topological polar surface area (TPSA) is 77.8 Å². The Morgan fingerprint density at radius 1 is 1.48 bits per heavy atom. The number of carbonyl (C=O) groups excluding carboxylic acids is 1. The molecule has 2 N–H and O–H groups in total. The summed E-state index contributed by atoms with van der Waals surface area (Å²) in [6.07, 6.45) is 2.89. The van der Waals surface area contributed by atoms with Crippen molar-refractivity contribution in [2.75, 3.05) is 13.1 Å². The summed E-state index contributed by atoms with van der Waals surface area (Å²) in [5.41, 5.74) is 0.881. The predicted octanol–water partition coefficient (Wildman–Crippen LogP) is 2.00. The number of carboxylic acid groups (broad SMARTS) is 1. The van der Waals surface area contributed by atoms with E-state index in [0.717, 1.165) is 22.9 Å². The van der Waals surface area contributed by atoms with Crippen molar-refractivity contribution in [1.29, 1.82) is 0 Å². The van der Waals surface area contributed by atoms with E-state index in [9.17, 15) is 14.7 Å². The molecular weight excluding hydrogens is 290 g/mol. The highest BCUT2D eigenvalue weighted by molar-refractivity contribution is 7.15. The highest BCUT2D eigenvalue weighted by atomic mass is 32.1. The van der Waals surface area contributed by atoms with Crippen molar-refractivity contribution in [2.24, 2.45) is 5.92 Å². The van der Waals surface area contributed by atoms with E-state index in [1.165, 1.54) is 17.4 Å². The predicted molar refractivity (Wildman–Crippen MR) is 81.4 cm³/mol. The van der Waals surface area contributed by atoms with E-state index in [-0.39, 0.29) is 11.8 Å². The molecular formula is C15H19NO4S. The Morgan fingerprint density at radius 3 is 2.81 bits per heavy atom. The molecule has 0 aliphatic carbocycles. The minimum atomic E-state index is -1.01. The van der Waals surface area contributed by atoms with Gasteiger partial charge in [0.15, 0.2) is 0 Å². The molecule has 1 aromatic rings. The van der Waals surface area contributed by atoms with Gasteiger partial charge in [-0.15, -0.1) is 11.3 Å². The van der Waals surface area contributed by atoms with Crippen molar-refractivity contribution >= 4 is 29.3 Å². The van der Waals surface area contributed by atoms with Crippen LogP contribution in [0.1, 0.15) is 33.5 Å². The molecule has 21 heavy (non-hydrogen) atoms. The third kappa shape index (κ3) is 3.71. The molecule has 5 nitrogen and oxygen atoms in total. The van der Waals surface area contributed by atoms with Gasteiger partial charge in [-0.2, -0.15) is 0 Å². The number of carboxylic acids is 1. The van der Waals surface area contributed by atoms with Gasteiger partial charge < -0.3 is 15.1 Å². The third-order valence-corrected chi connectivity index (χ3v) is 4.94. The molecule has 1 aromatic heterocycles. The molecule has 0 radical (unpaired) electrons. The summed E-state index contributed by atoms with van der Waals surface area (Å²) in [6, 6.07) is 1.78. The Morgan fingerprint density at radius 2 is 2.19 bits per heavy atom. The van der Waals surface area contributed by atoms with Crippen LogP contribution in [0.5, 0.6) is 0 Å². The fourth-order valence-corrected chi connectivity index (χ4v) is 3.35. The molecule has 1 amide bonds. The Kier molecular flexibility index (Phi) is 4.80. The number of amides is 1. The Hall–Kier alpha value is -1.66. The average Bonchev–Trinajstić information content (AvgIpc) is 2.80. The normalized spacial score (nSPS) is 22.7. The quantitative estimate of drug-likeness (QED) is 0.837. The first kappa shape index (κ1) is 15.7. The van der Waals surface area contributed by atoms with Gasteiger partial charge in [0.05, 0.1) is 11.0 Å². The first-order valence-electron chi connectivity index (χ1n) is 6.87. The second-order valence-electron chi connectivity index (χ2n) is 5.41. The van der Waals surface area contributed by atoms with Gasteiger partial charge in [0, 0.05) is 24.0 Å². The van der Waals surface area contributed by atoms with Crippen LogP contribution in [0.4, 0.5) is 0 Å². The van der Waals surface area contributed by atoms with Gasteiger partial charge in [0.1, 0.15) is 0 Å². The largest absolute Gasteiger partial charge is 0.478 e. The van der Waals surface area contributed by atoms with Crippen LogP contribution in [-0.4, -0.2) is 46.2 Å². The zero-order valence-corrected chi connectivity index (χ0v) is 12.9. The number of likely N-dealkylation sites (tertiary alicyclic amines) is 1. The van der Waals surface area contributed by atoms with Crippen LogP contribution in [0.15, 0.2) is 12.1 Å². The van der Waals surface area contributed by atoms with Crippen molar-refractivity contribution in [2.45, 2.75) is 26.4 Å². The molecule has 0 spiro atoms. The molecule has 2 atom stereocenters. The smallest absolute Gasteiger partial charge is 0.328 e. The first-order chi connectivity index (χ1) is 9.88. The number of thiophene rings is 1. The fourth-order valence-electron chi connectivity index (χ4n) is 2.30. The minimum Gasteiger partial charge on any atom is -0.478 e. The molecule has 114 valence electrons. The van der Waals surface area contributed by atoms with Crippen LogP contribution < -0.4 is 0 Å². The second kappa shape index (κ2) is 6.41. The number of nitrogens with zero attached hydrogens (tertiary/aromatic N) is 1. The molecule has 2 rings (SSSR count). The van der Waals surface area contributed by atoms with Crippen LogP contribution in [0.2, 0.25) is 0 Å². The number of aliphatic carboxylic acids is 1.